The summed E-state index contributed by atoms with van der Waals surface area (Å²) in [6.07, 6.45) is 24.1. The Labute approximate surface area is 333 Å². The molecule has 12 heteroatoms. The predicted octanol–water partition coefficient (Wildman–Crippen LogP) is 11.8. The lowest BCUT2D eigenvalue weighted by Gasteiger charge is -2.19. The highest BCUT2D eigenvalue weighted by Gasteiger charge is 2.36. The van der Waals surface area contributed by atoms with Crippen LogP contribution in [0.15, 0.2) is 31.7 Å². The van der Waals surface area contributed by atoms with Crippen LogP contribution in [0.5, 0.6) is 0 Å². The maximum absolute atomic E-state index is 14.3. The molecule has 0 aliphatic rings. The van der Waals surface area contributed by atoms with Gasteiger partial charge in [0.25, 0.3) is 0 Å². The fourth-order valence-electron chi connectivity index (χ4n) is 6.94. The molecular weight excluding hydrogens is 761 g/mol. The van der Waals surface area contributed by atoms with E-state index in [1.54, 1.807) is 0 Å². The molecule has 0 aliphatic heterocycles. The van der Waals surface area contributed by atoms with Crippen LogP contribution >= 0.6 is 0 Å². The average molecular weight is 839 g/mol. The Kier molecular flexibility index (Phi) is 26.9. The first-order valence-electron chi connectivity index (χ1n) is 21.8. The molecule has 0 N–H and O–H groups in total. The Bertz CT molecular complexity index is 1510. The Morgan fingerprint density at radius 2 is 0.519 bits per heavy atom. The van der Waals surface area contributed by atoms with Gasteiger partial charge in [0.1, 0.15) is 4.90 Å². The SMILES string of the molecule is CCCCCCCCCS(=O)(=O)c1cc(S(=O)(=O)CCCCCCCCC)c(S(=O)(=O)CCCCCCCCC)c(S(=O)(=O)CCCCCCCCC)c1. The van der Waals surface area contributed by atoms with Crippen LogP contribution in [0, 0.1) is 0 Å². The van der Waals surface area contributed by atoms with E-state index in [0.717, 1.165) is 141 Å². The molecule has 0 spiro atoms. The molecule has 0 saturated heterocycles. The summed E-state index contributed by atoms with van der Waals surface area (Å²) in [6.45, 7) is 8.50. The highest BCUT2D eigenvalue weighted by atomic mass is 32.2. The van der Waals surface area contributed by atoms with Crippen LogP contribution in [0.25, 0.3) is 0 Å². The van der Waals surface area contributed by atoms with E-state index >= 15 is 0 Å². The maximum atomic E-state index is 14.3. The van der Waals surface area contributed by atoms with E-state index in [1.807, 2.05) is 0 Å². The quantitative estimate of drug-likeness (QED) is 0.0609. The van der Waals surface area contributed by atoms with E-state index in [1.165, 1.54) is 0 Å². The second-order valence-corrected chi connectivity index (χ2v) is 23.8. The van der Waals surface area contributed by atoms with Crippen LogP contribution in [0.1, 0.15) is 207 Å². The topological polar surface area (TPSA) is 137 Å². The van der Waals surface area contributed by atoms with Gasteiger partial charge in [-0.25, -0.2) is 33.7 Å². The third-order valence-electron chi connectivity index (χ3n) is 10.4. The minimum absolute atomic E-state index is 0.264. The van der Waals surface area contributed by atoms with Crippen molar-refractivity contribution >= 4 is 39.3 Å². The van der Waals surface area contributed by atoms with Crippen molar-refractivity contribution in [3.63, 3.8) is 0 Å². The van der Waals surface area contributed by atoms with Crippen molar-refractivity contribution < 1.29 is 33.7 Å². The summed E-state index contributed by atoms with van der Waals surface area (Å²) in [6, 6.07) is 1.94. The van der Waals surface area contributed by atoms with Gasteiger partial charge in [0.2, 0.25) is 0 Å². The van der Waals surface area contributed by atoms with Crippen LogP contribution in [0.2, 0.25) is 0 Å². The first-order chi connectivity index (χ1) is 25.7. The number of sulfone groups is 4. The van der Waals surface area contributed by atoms with E-state index in [4.69, 9.17) is 0 Å². The second kappa shape index (κ2) is 28.4. The van der Waals surface area contributed by atoms with E-state index in [9.17, 15) is 33.7 Å². The van der Waals surface area contributed by atoms with Gasteiger partial charge in [-0.3, -0.25) is 0 Å². The summed E-state index contributed by atoms with van der Waals surface area (Å²) in [5, 5.41) is 0. The molecule has 0 fully saturated rings. The molecule has 0 unspecified atom stereocenters. The summed E-state index contributed by atoms with van der Waals surface area (Å²) in [5.41, 5.74) is 0. The highest BCUT2D eigenvalue weighted by Crippen LogP contribution is 2.36. The predicted molar refractivity (Wildman–Crippen MR) is 227 cm³/mol. The molecule has 318 valence electrons. The summed E-state index contributed by atoms with van der Waals surface area (Å²) < 4.78 is 113. The lowest BCUT2D eigenvalue weighted by Crippen LogP contribution is -2.22. The van der Waals surface area contributed by atoms with Crippen LogP contribution in [0.3, 0.4) is 0 Å². The Balaban J connectivity index is 3.67. The fourth-order valence-corrected chi connectivity index (χ4v) is 14.6. The first kappa shape index (κ1) is 51.0. The minimum atomic E-state index is -4.42. The van der Waals surface area contributed by atoms with Gasteiger partial charge in [-0.15, -0.1) is 0 Å². The zero-order chi connectivity index (χ0) is 40.4. The molecule has 0 radical (unpaired) electrons. The van der Waals surface area contributed by atoms with Crippen molar-refractivity contribution in [2.24, 2.45) is 0 Å². The van der Waals surface area contributed by atoms with Gasteiger partial charge in [-0.05, 0) is 37.8 Å². The molecule has 1 rings (SSSR count). The Morgan fingerprint density at radius 3 is 0.796 bits per heavy atom. The molecule has 54 heavy (non-hydrogen) atoms. The summed E-state index contributed by atoms with van der Waals surface area (Å²) in [7, 11) is -17.3. The van der Waals surface area contributed by atoms with Gasteiger partial charge in [0.15, 0.2) is 39.3 Å². The van der Waals surface area contributed by atoms with Gasteiger partial charge in [0.05, 0.1) is 37.7 Å². The van der Waals surface area contributed by atoms with Crippen LogP contribution in [0.4, 0.5) is 0 Å². The molecular formula is C42H78O8S4. The maximum Gasteiger partial charge on any atom is 0.180 e. The number of hydrogen-bond donors (Lipinski definition) is 0. The van der Waals surface area contributed by atoms with Crippen LogP contribution in [-0.2, 0) is 39.3 Å². The summed E-state index contributed by atoms with van der Waals surface area (Å²) in [5.74, 6) is -1.41. The van der Waals surface area contributed by atoms with Crippen molar-refractivity contribution in [2.75, 3.05) is 23.0 Å². The van der Waals surface area contributed by atoms with Crippen LogP contribution < -0.4 is 0 Å². The van der Waals surface area contributed by atoms with Gasteiger partial charge < -0.3 is 0 Å². The average Bonchev–Trinajstić information content (AvgIpc) is 3.12. The summed E-state index contributed by atoms with van der Waals surface area (Å²) in [4.78, 5) is -2.45. The molecule has 0 aromatic heterocycles. The van der Waals surface area contributed by atoms with Crippen LogP contribution in [-0.4, -0.2) is 56.7 Å². The lowest BCUT2D eigenvalue weighted by molar-refractivity contribution is 0.559. The molecule has 1 aromatic carbocycles. The molecule has 0 amide bonds. The Morgan fingerprint density at radius 1 is 0.296 bits per heavy atom. The standard InChI is InChI=1S/C42H78O8S4/c1-5-9-13-17-21-25-29-33-51(43,44)39-37-40(52(45,46)34-30-26-22-18-14-10-6-2)42(54(49,50)36-32-28-24-20-16-12-8-4)41(38-39)53(47,48)35-31-27-23-19-15-11-7-3/h37-38H,5-36H2,1-4H3. The number of unbranched alkanes of at least 4 members (excludes halogenated alkanes) is 24. The first-order valence-corrected chi connectivity index (χ1v) is 28.4. The molecule has 0 heterocycles. The normalized spacial score (nSPS) is 12.8. The molecule has 0 saturated carbocycles. The summed E-state index contributed by atoms with van der Waals surface area (Å²) >= 11 is 0. The molecule has 0 bridgehead atoms. The zero-order valence-electron chi connectivity index (χ0n) is 34.7. The largest absolute Gasteiger partial charge is 0.224 e. The van der Waals surface area contributed by atoms with Gasteiger partial charge in [-0.1, -0.05) is 182 Å². The second-order valence-electron chi connectivity index (χ2n) is 15.5. The molecule has 8 nitrogen and oxygen atoms in total. The zero-order valence-corrected chi connectivity index (χ0v) is 37.9. The van der Waals surface area contributed by atoms with Crippen molar-refractivity contribution in [1.82, 2.24) is 0 Å². The van der Waals surface area contributed by atoms with E-state index < -0.39 is 64.7 Å². The fraction of sp³-hybridized carbons (Fsp3) is 0.857. The third-order valence-corrected chi connectivity index (χ3v) is 18.0. The van der Waals surface area contributed by atoms with E-state index in [2.05, 4.69) is 27.7 Å². The minimum Gasteiger partial charge on any atom is -0.224 e. The van der Waals surface area contributed by atoms with Crippen molar-refractivity contribution in [2.45, 2.75) is 227 Å². The van der Waals surface area contributed by atoms with Crippen molar-refractivity contribution in [3.05, 3.63) is 12.1 Å². The molecule has 0 aliphatic carbocycles. The lowest BCUT2D eigenvalue weighted by atomic mass is 10.1. The van der Waals surface area contributed by atoms with Gasteiger partial charge in [0, 0.05) is 0 Å². The molecule has 1 aromatic rings. The number of hydrogen-bond acceptors (Lipinski definition) is 8. The van der Waals surface area contributed by atoms with E-state index in [-0.39, 0.29) is 36.5 Å². The third kappa shape index (κ3) is 20.4. The smallest absolute Gasteiger partial charge is 0.180 e. The van der Waals surface area contributed by atoms with E-state index in [0.29, 0.717) is 32.1 Å². The van der Waals surface area contributed by atoms with Gasteiger partial charge >= 0.3 is 0 Å². The van der Waals surface area contributed by atoms with Gasteiger partial charge in [-0.2, -0.15) is 0 Å². The number of rotatable bonds is 36. The monoisotopic (exact) mass is 838 g/mol. The Hall–Kier alpha value is -0.980. The van der Waals surface area contributed by atoms with Crippen molar-refractivity contribution in [1.29, 1.82) is 0 Å². The number of benzene rings is 1. The highest BCUT2D eigenvalue weighted by molar-refractivity contribution is 7.96. The van der Waals surface area contributed by atoms with Crippen molar-refractivity contribution in [3.8, 4) is 0 Å². The molecule has 0 atom stereocenters.